The van der Waals surface area contributed by atoms with Gasteiger partial charge in [0, 0.05) is 40.5 Å². The van der Waals surface area contributed by atoms with Gasteiger partial charge in [0.1, 0.15) is 0 Å². The van der Waals surface area contributed by atoms with Crippen molar-refractivity contribution in [3.8, 4) is 11.1 Å². The number of rotatable bonds is 3. The fraction of sp³-hybridized carbons (Fsp3) is 0.234. The third-order valence-corrected chi connectivity index (χ3v) is 13.5. The second-order valence-corrected chi connectivity index (χ2v) is 16.2. The molecule has 2 nitrogen and oxygen atoms in total. The highest BCUT2D eigenvalue weighted by Gasteiger charge is 2.50. The van der Waals surface area contributed by atoms with Crippen LogP contribution in [0.15, 0.2) is 133 Å². The molecule has 0 atom stereocenters. The first-order valence-corrected chi connectivity index (χ1v) is 19.0. The van der Waals surface area contributed by atoms with Gasteiger partial charge in [-0.2, -0.15) is 0 Å². The van der Waals surface area contributed by atoms with Crippen molar-refractivity contribution in [1.29, 1.82) is 0 Å². The second-order valence-electron chi connectivity index (χ2n) is 16.2. The molecule has 0 aromatic heterocycles. The van der Waals surface area contributed by atoms with Crippen LogP contribution in [0.4, 0.5) is 34.1 Å². The van der Waals surface area contributed by atoms with Gasteiger partial charge in [0.2, 0.25) is 0 Å². The first-order valence-electron chi connectivity index (χ1n) is 19.0. The van der Waals surface area contributed by atoms with Gasteiger partial charge in [-0.05, 0) is 142 Å². The Morgan fingerprint density at radius 1 is 0.480 bits per heavy atom. The van der Waals surface area contributed by atoms with Crippen molar-refractivity contribution in [2.24, 2.45) is 23.7 Å². The third-order valence-electron chi connectivity index (χ3n) is 13.5. The molecule has 6 aromatic carbocycles. The monoisotopic (exact) mass is 642 g/mol. The smallest absolute Gasteiger partial charge is 0.252 e. The minimum absolute atomic E-state index is 0.174. The Morgan fingerprint density at radius 3 is 1.88 bits per heavy atom. The normalized spacial score (nSPS) is 24.4. The SMILES string of the molecule is c1ccc(-c2cc3c4c(c2)N2c5ccccc5Cc5cc(C6C7CC8CC(C7)CC6C8)cc(c52)B4c2ccccc2N3c2ccccc2)cc1. The van der Waals surface area contributed by atoms with Crippen molar-refractivity contribution in [3.63, 3.8) is 0 Å². The first-order chi connectivity index (χ1) is 24.8. The summed E-state index contributed by atoms with van der Waals surface area (Å²) in [6.45, 7) is 0.174. The molecular weight excluding hydrogens is 603 g/mol. The van der Waals surface area contributed by atoms with E-state index in [4.69, 9.17) is 0 Å². The Morgan fingerprint density at radius 2 is 1.12 bits per heavy atom. The lowest BCUT2D eigenvalue weighted by Gasteiger charge is -2.55. The number of hydrogen-bond acceptors (Lipinski definition) is 2. The van der Waals surface area contributed by atoms with E-state index in [1.807, 2.05) is 0 Å². The van der Waals surface area contributed by atoms with Gasteiger partial charge < -0.3 is 9.80 Å². The largest absolute Gasteiger partial charge is 0.311 e. The van der Waals surface area contributed by atoms with Crippen LogP contribution in [0.5, 0.6) is 0 Å². The van der Waals surface area contributed by atoms with Gasteiger partial charge in [0.15, 0.2) is 0 Å². The van der Waals surface area contributed by atoms with Crippen molar-refractivity contribution in [3.05, 3.63) is 150 Å². The zero-order valence-corrected chi connectivity index (χ0v) is 28.3. The topological polar surface area (TPSA) is 6.48 Å². The van der Waals surface area contributed by atoms with Crippen LogP contribution < -0.4 is 26.2 Å². The fourth-order valence-corrected chi connectivity index (χ4v) is 12.0. The highest BCUT2D eigenvalue weighted by molar-refractivity contribution is 7.00. The van der Waals surface area contributed by atoms with Crippen LogP contribution in [0.2, 0.25) is 0 Å². The number of fused-ring (bicyclic) bond motifs is 6. The molecule has 3 heterocycles. The molecule has 4 aliphatic carbocycles. The molecule has 0 saturated heterocycles. The second kappa shape index (κ2) is 10.3. The maximum Gasteiger partial charge on any atom is 0.252 e. The molecule has 4 bridgehead atoms. The molecule has 3 heteroatoms. The van der Waals surface area contributed by atoms with Crippen molar-refractivity contribution in [1.82, 2.24) is 0 Å². The lowest BCUT2D eigenvalue weighted by Crippen LogP contribution is -2.62. The molecule has 13 rings (SSSR count). The van der Waals surface area contributed by atoms with E-state index >= 15 is 0 Å². The summed E-state index contributed by atoms with van der Waals surface area (Å²) in [4.78, 5) is 5.21. The van der Waals surface area contributed by atoms with Gasteiger partial charge in [-0.15, -0.1) is 0 Å². The predicted molar refractivity (Wildman–Crippen MR) is 208 cm³/mol. The van der Waals surface area contributed by atoms with Crippen LogP contribution in [-0.4, -0.2) is 6.71 Å². The van der Waals surface area contributed by atoms with E-state index in [0.29, 0.717) is 5.92 Å². The summed E-state index contributed by atoms with van der Waals surface area (Å²) in [5.41, 5.74) is 19.4. The molecule has 0 amide bonds. The number of anilines is 6. The van der Waals surface area contributed by atoms with E-state index in [1.54, 1.807) is 5.56 Å². The third kappa shape index (κ3) is 3.81. The van der Waals surface area contributed by atoms with Gasteiger partial charge in [-0.25, -0.2) is 0 Å². The van der Waals surface area contributed by atoms with Crippen molar-refractivity contribution in [2.75, 3.05) is 9.80 Å². The minimum atomic E-state index is 0.174. The van der Waals surface area contributed by atoms with E-state index in [0.717, 1.165) is 30.1 Å². The average Bonchev–Trinajstić information content (AvgIpc) is 3.15. The Bertz CT molecular complexity index is 2320. The molecule has 0 unspecified atom stereocenters. The quantitative estimate of drug-likeness (QED) is 0.177. The van der Waals surface area contributed by atoms with Crippen molar-refractivity contribution in [2.45, 2.75) is 44.4 Å². The molecule has 3 aliphatic heterocycles. The molecule has 4 saturated carbocycles. The highest BCUT2D eigenvalue weighted by atomic mass is 15.2. The average molecular weight is 643 g/mol. The zero-order valence-electron chi connectivity index (χ0n) is 28.3. The summed E-state index contributed by atoms with van der Waals surface area (Å²) in [6, 6.07) is 50.9. The van der Waals surface area contributed by atoms with Gasteiger partial charge >= 0.3 is 0 Å². The van der Waals surface area contributed by atoms with E-state index < -0.39 is 0 Å². The van der Waals surface area contributed by atoms with Gasteiger partial charge in [-0.1, -0.05) is 97.1 Å². The lowest BCUT2D eigenvalue weighted by atomic mass is 9.33. The Kier molecular flexibility index (Phi) is 5.70. The van der Waals surface area contributed by atoms with E-state index in [-0.39, 0.29) is 6.71 Å². The minimum Gasteiger partial charge on any atom is -0.311 e. The Balaban J connectivity index is 1.17. The number of benzene rings is 6. The van der Waals surface area contributed by atoms with Gasteiger partial charge in [0.25, 0.3) is 6.71 Å². The molecule has 7 aliphatic rings. The molecule has 50 heavy (non-hydrogen) atoms. The van der Waals surface area contributed by atoms with Crippen LogP contribution in [0.25, 0.3) is 11.1 Å². The van der Waals surface area contributed by atoms with E-state index in [2.05, 4.69) is 143 Å². The molecule has 4 fully saturated rings. The molecular formula is C47H39BN2. The van der Waals surface area contributed by atoms with Crippen LogP contribution in [0, 0.1) is 23.7 Å². The fourth-order valence-electron chi connectivity index (χ4n) is 12.0. The lowest BCUT2D eigenvalue weighted by molar-refractivity contribution is -0.00276. The standard InChI is InChI=1S/C47H39BN2/c1-3-11-31(12-4-1)33-27-43-46-44(28-33)50-41-17-9-7-13-32(41)24-37-25-36(45-34-20-29-19-30(22-34)23-35(45)21-29)26-40(47(37)50)48(46)39-16-8-10-18-42(39)49(43)38-14-5-2-6-15-38/h1-18,25-30,34-35,45H,19-24H2. The van der Waals surface area contributed by atoms with Crippen molar-refractivity contribution < 1.29 is 0 Å². The Hall–Kier alpha value is -5.02. The molecule has 240 valence electrons. The van der Waals surface area contributed by atoms with Crippen LogP contribution in [0.1, 0.15) is 54.7 Å². The Labute approximate surface area is 295 Å². The zero-order chi connectivity index (χ0) is 32.5. The number of para-hydroxylation sites is 3. The number of nitrogens with zero attached hydrogens (tertiary/aromatic N) is 2. The maximum absolute atomic E-state index is 2.73. The summed E-state index contributed by atoms with van der Waals surface area (Å²) in [7, 11) is 0. The summed E-state index contributed by atoms with van der Waals surface area (Å²) in [5.74, 6) is 4.38. The van der Waals surface area contributed by atoms with Gasteiger partial charge in [-0.3, -0.25) is 0 Å². The maximum atomic E-state index is 2.73. The van der Waals surface area contributed by atoms with E-state index in [9.17, 15) is 0 Å². The summed E-state index contributed by atoms with van der Waals surface area (Å²) in [5, 5.41) is 0. The summed E-state index contributed by atoms with van der Waals surface area (Å²) >= 11 is 0. The van der Waals surface area contributed by atoms with E-state index in [1.165, 1.54) is 105 Å². The van der Waals surface area contributed by atoms with Crippen LogP contribution in [0.3, 0.4) is 0 Å². The highest BCUT2D eigenvalue weighted by Crippen LogP contribution is 2.60. The van der Waals surface area contributed by atoms with Crippen LogP contribution in [-0.2, 0) is 6.42 Å². The van der Waals surface area contributed by atoms with Crippen LogP contribution >= 0.6 is 0 Å². The first kappa shape index (κ1) is 27.8. The van der Waals surface area contributed by atoms with Gasteiger partial charge in [0.05, 0.1) is 0 Å². The predicted octanol–water partition coefficient (Wildman–Crippen LogP) is 9.88. The van der Waals surface area contributed by atoms with Crippen molar-refractivity contribution >= 4 is 57.2 Å². The molecule has 0 radical (unpaired) electrons. The summed E-state index contributed by atoms with van der Waals surface area (Å²) in [6.07, 6.45) is 8.31. The molecule has 0 N–H and O–H groups in total. The summed E-state index contributed by atoms with van der Waals surface area (Å²) < 4.78 is 0. The molecule has 6 aromatic rings. The molecule has 0 spiro atoms. The number of hydrogen-bond donors (Lipinski definition) is 0.